The largest absolute Gasteiger partial charge is 0.0995 e. The molecule has 0 heterocycles. The average molecular weight is 160 g/mol. The monoisotopic (exact) mass is 160 g/mol. The highest BCUT2D eigenvalue weighted by Crippen LogP contribution is 2.21. The zero-order valence-electron chi connectivity index (χ0n) is 8.09. The molecule has 0 nitrogen and oxygen atoms in total. The maximum Gasteiger partial charge on any atom is 0.00143 e. The third-order valence-corrected chi connectivity index (χ3v) is 2.32. The first-order valence-electron chi connectivity index (χ1n) is 4.33. The van der Waals surface area contributed by atoms with Crippen LogP contribution < -0.4 is 0 Å². The van der Waals surface area contributed by atoms with Crippen LogP contribution in [0.4, 0.5) is 0 Å². The van der Waals surface area contributed by atoms with Gasteiger partial charge in [0.2, 0.25) is 0 Å². The Bertz CT molecular complexity index is 267. The first kappa shape index (κ1) is 9.05. The number of rotatable bonds is 2. The van der Waals surface area contributed by atoms with Crippen molar-refractivity contribution in [1.82, 2.24) is 0 Å². The molecule has 0 saturated carbocycles. The molecule has 1 rings (SSSR count). The number of hydrogen-bond acceptors (Lipinski definition) is 0. The maximum absolute atomic E-state index is 3.95. The van der Waals surface area contributed by atoms with Crippen LogP contribution in [0.25, 0.3) is 0 Å². The summed E-state index contributed by atoms with van der Waals surface area (Å²) in [7, 11) is 0. The summed E-state index contributed by atoms with van der Waals surface area (Å²) in [5, 5.41) is 0. The van der Waals surface area contributed by atoms with E-state index >= 15 is 0 Å². The van der Waals surface area contributed by atoms with Gasteiger partial charge in [0.1, 0.15) is 0 Å². The van der Waals surface area contributed by atoms with Gasteiger partial charge in [-0.15, -0.1) is 0 Å². The zero-order valence-corrected chi connectivity index (χ0v) is 8.09. The van der Waals surface area contributed by atoms with Crippen LogP contribution in [-0.4, -0.2) is 0 Å². The molecule has 0 N–H and O–H groups in total. The number of allylic oxidation sites excluding steroid dienone is 1. The Morgan fingerprint density at radius 3 is 2.17 bits per heavy atom. The average Bonchev–Trinajstić information content (AvgIpc) is 2.04. The summed E-state index contributed by atoms with van der Waals surface area (Å²) in [5.41, 5.74) is 3.89. The SMILES string of the molecule is C=C(C)C(C)c1ccc(C)cc1. The summed E-state index contributed by atoms with van der Waals surface area (Å²) in [6.07, 6.45) is 0. The van der Waals surface area contributed by atoms with Gasteiger partial charge in [-0.05, 0) is 19.4 Å². The van der Waals surface area contributed by atoms with E-state index in [1.54, 1.807) is 0 Å². The smallest absolute Gasteiger partial charge is 0.00143 e. The highest BCUT2D eigenvalue weighted by molar-refractivity contribution is 5.28. The molecule has 0 aliphatic carbocycles. The Morgan fingerprint density at radius 1 is 1.25 bits per heavy atom. The lowest BCUT2D eigenvalue weighted by Crippen LogP contribution is -1.93. The van der Waals surface area contributed by atoms with Crippen molar-refractivity contribution < 1.29 is 0 Å². The lowest BCUT2D eigenvalue weighted by Gasteiger charge is -2.11. The topological polar surface area (TPSA) is 0 Å². The highest BCUT2D eigenvalue weighted by Gasteiger charge is 2.03. The van der Waals surface area contributed by atoms with Gasteiger partial charge >= 0.3 is 0 Å². The minimum absolute atomic E-state index is 0.477. The molecule has 0 aromatic heterocycles. The molecule has 12 heavy (non-hydrogen) atoms. The Balaban J connectivity index is 2.89. The quantitative estimate of drug-likeness (QED) is 0.579. The Kier molecular flexibility index (Phi) is 2.69. The summed E-state index contributed by atoms with van der Waals surface area (Å²) >= 11 is 0. The Morgan fingerprint density at radius 2 is 1.75 bits per heavy atom. The van der Waals surface area contributed by atoms with E-state index in [1.807, 2.05) is 0 Å². The molecule has 0 aliphatic rings. The fourth-order valence-corrected chi connectivity index (χ4v) is 1.14. The minimum atomic E-state index is 0.477. The second-order valence-corrected chi connectivity index (χ2v) is 3.48. The van der Waals surface area contributed by atoms with Crippen molar-refractivity contribution >= 4 is 0 Å². The molecule has 0 radical (unpaired) electrons. The van der Waals surface area contributed by atoms with E-state index in [2.05, 4.69) is 51.6 Å². The summed E-state index contributed by atoms with van der Waals surface area (Å²) in [6, 6.07) is 8.65. The van der Waals surface area contributed by atoms with Crippen molar-refractivity contribution in [1.29, 1.82) is 0 Å². The van der Waals surface area contributed by atoms with Crippen LogP contribution in [0.5, 0.6) is 0 Å². The van der Waals surface area contributed by atoms with Crippen molar-refractivity contribution in [3.63, 3.8) is 0 Å². The molecule has 64 valence electrons. The molecule has 0 saturated heterocycles. The summed E-state index contributed by atoms with van der Waals surface area (Å²) in [4.78, 5) is 0. The number of benzene rings is 1. The molecule has 0 spiro atoms. The number of aryl methyl sites for hydroxylation is 1. The van der Waals surface area contributed by atoms with Crippen molar-refractivity contribution in [2.24, 2.45) is 0 Å². The minimum Gasteiger partial charge on any atom is -0.0995 e. The van der Waals surface area contributed by atoms with Crippen LogP contribution in [0.3, 0.4) is 0 Å². The second kappa shape index (κ2) is 3.57. The van der Waals surface area contributed by atoms with Gasteiger partial charge in [0.25, 0.3) is 0 Å². The first-order valence-corrected chi connectivity index (χ1v) is 4.33. The fourth-order valence-electron chi connectivity index (χ4n) is 1.14. The van der Waals surface area contributed by atoms with Gasteiger partial charge in [-0.2, -0.15) is 0 Å². The molecule has 1 unspecified atom stereocenters. The van der Waals surface area contributed by atoms with E-state index in [4.69, 9.17) is 0 Å². The standard InChI is InChI=1S/C12H16/c1-9(2)11(4)12-7-5-10(3)6-8-12/h5-8,11H,1H2,2-4H3. The van der Waals surface area contributed by atoms with Gasteiger partial charge in [0.15, 0.2) is 0 Å². The van der Waals surface area contributed by atoms with Crippen LogP contribution >= 0.6 is 0 Å². The van der Waals surface area contributed by atoms with Gasteiger partial charge in [0.05, 0.1) is 0 Å². The van der Waals surface area contributed by atoms with Crippen LogP contribution in [0.15, 0.2) is 36.4 Å². The van der Waals surface area contributed by atoms with Crippen LogP contribution in [0.2, 0.25) is 0 Å². The molecule has 1 aromatic rings. The zero-order chi connectivity index (χ0) is 9.14. The van der Waals surface area contributed by atoms with E-state index < -0.39 is 0 Å². The lowest BCUT2D eigenvalue weighted by molar-refractivity contribution is 0.898. The van der Waals surface area contributed by atoms with Gasteiger partial charge in [-0.3, -0.25) is 0 Å². The number of hydrogen-bond donors (Lipinski definition) is 0. The van der Waals surface area contributed by atoms with E-state index in [0.717, 1.165) is 0 Å². The van der Waals surface area contributed by atoms with Gasteiger partial charge in [-0.25, -0.2) is 0 Å². The lowest BCUT2D eigenvalue weighted by atomic mass is 9.94. The summed E-state index contributed by atoms with van der Waals surface area (Å²) < 4.78 is 0. The van der Waals surface area contributed by atoms with E-state index in [-0.39, 0.29) is 0 Å². The predicted octanol–water partition coefficient (Wildman–Crippen LogP) is 3.67. The molecule has 0 amide bonds. The second-order valence-electron chi connectivity index (χ2n) is 3.48. The Labute approximate surface area is 74.9 Å². The highest BCUT2D eigenvalue weighted by atomic mass is 14.1. The third kappa shape index (κ3) is 1.97. The third-order valence-electron chi connectivity index (χ3n) is 2.32. The molecule has 0 fully saturated rings. The van der Waals surface area contributed by atoms with E-state index in [1.165, 1.54) is 16.7 Å². The van der Waals surface area contributed by atoms with Gasteiger partial charge in [-0.1, -0.05) is 48.9 Å². The van der Waals surface area contributed by atoms with Gasteiger partial charge in [0, 0.05) is 5.92 Å². The van der Waals surface area contributed by atoms with Crippen molar-refractivity contribution in [2.75, 3.05) is 0 Å². The predicted molar refractivity (Wildman–Crippen MR) is 54.4 cm³/mol. The molecular weight excluding hydrogens is 144 g/mol. The molecule has 0 heteroatoms. The molecular formula is C12H16. The van der Waals surface area contributed by atoms with E-state index in [0.29, 0.717) is 5.92 Å². The van der Waals surface area contributed by atoms with Gasteiger partial charge < -0.3 is 0 Å². The Hall–Kier alpha value is -1.04. The fraction of sp³-hybridized carbons (Fsp3) is 0.333. The molecule has 1 aromatic carbocycles. The van der Waals surface area contributed by atoms with Crippen molar-refractivity contribution in [3.05, 3.63) is 47.5 Å². The maximum atomic E-state index is 3.95. The van der Waals surface area contributed by atoms with Crippen LogP contribution in [0.1, 0.15) is 30.9 Å². The van der Waals surface area contributed by atoms with E-state index in [9.17, 15) is 0 Å². The normalized spacial score (nSPS) is 12.6. The van der Waals surface area contributed by atoms with Crippen LogP contribution in [-0.2, 0) is 0 Å². The summed E-state index contributed by atoms with van der Waals surface area (Å²) in [5.74, 6) is 0.477. The molecule has 0 aliphatic heterocycles. The van der Waals surface area contributed by atoms with Crippen molar-refractivity contribution in [3.8, 4) is 0 Å². The molecule has 1 atom stereocenters. The molecule has 0 bridgehead atoms. The van der Waals surface area contributed by atoms with Crippen molar-refractivity contribution in [2.45, 2.75) is 26.7 Å². The summed E-state index contributed by atoms with van der Waals surface area (Å²) in [6.45, 7) is 10.3. The van der Waals surface area contributed by atoms with Crippen LogP contribution in [0, 0.1) is 6.92 Å². The first-order chi connectivity index (χ1) is 5.61.